The smallest absolute Gasteiger partial charge is 0.241 e. The molecule has 0 heterocycles. The van der Waals surface area contributed by atoms with E-state index in [9.17, 15) is 8.42 Å². The Balaban J connectivity index is 0.00000361. The van der Waals surface area contributed by atoms with Crippen molar-refractivity contribution in [1.82, 2.24) is 4.72 Å². The van der Waals surface area contributed by atoms with Gasteiger partial charge in [-0.3, -0.25) is 0 Å². The summed E-state index contributed by atoms with van der Waals surface area (Å²) in [6.07, 6.45) is 0.703. The Bertz CT molecular complexity index is 532. The number of sulfonamides is 1. The zero-order valence-corrected chi connectivity index (χ0v) is 14.1. The van der Waals surface area contributed by atoms with Crippen LogP contribution in [-0.4, -0.2) is 20.5 Å². The van der Waals surface area contributed by atoms with Gasteiger partial charge in [-0.1, -0.05) is 32.0 Å². The fourth-order valence-corrected chi connectivity index (χ4v) is 3.98. The lowest BCUT2D eigenvalue weighted by molar-refractivity contribution is 0.344. The van der Waals surface area contributed by atoms with Gasteiger partial charge in [-0.05, 0) is 37.8 Å². The maximum Gasteiger partial charge on any atom is 0.241 e. The van der Waals surface area contributed by atoms with Crippen molar-refractivity contribution in [3.8, 4) is 0 Å². The molecular weight excluding hydrogens is 296 g/mol. The van der Waals surface area contributed by atoms with E-state index in [1.165, 1.54) is 0 Å². The number of hydrogen-bond acceptors (Lipinski definition) is 3. The van der Waals surface area contributed by atoms with Crippen molar-refractivity contribution in [2.45, 2.75) is 44.6 Å². The SMILES string of the molecule is Cc1ccccc1S(=O)(=O)NC(C)(CN)CC(C)C.Cl. The van der Waals surface area contributed by atoms with Gasteiger partial charge in [0.1, 0.15) is 0 Å². The van der Waals surface area contributed by atoms with Crippen LogP contribution in [0.5, 0.6) is 0 Å². The molecule has 1 rings (SSSR count). The highest BCUT2D eigenvalue weighted by molar-refractivity contribution is 7.89. The molecule has 6 heteroatoms. The number of nitrogens with one attached hydrogen (secondary N) is 1. The Labute approximate surface area is 128 Å². The largest absolute Gasteiger partial charge is 0.329 e. The van der Waals surface area contributed by atoms with Gasteiger partial charge < -0.3 is 5.73 Å². The standard InChI is InChI=1S/C14H24N2O2S.ClH/c1-11(2)9-14(4,10-15)16-19(17,18)13-8-6-5-7-12(13)3;/h5-8,11,16H,9-10,15H2,1-4H3;1H. The molecule has 1 atom stereocenters. The van der Waals surface area contributed by atoms with Crippen LogP contribution in [-0.2, 0) is 10.0 Å². The summed E-state index contributed by atoms with van der Waals surface area (Å²) in [6, 6.07) is 6.95. The second-order valence-corrected chi connectivity index (χ2v) is 7.38. The maximum absolute atomic E-state index is 12.4. The molecular formula is C14H25ClN2O2S. The van der Waals surface area contributed by atoms with Crippen LogP contribution in [0.1, 0.15) is 32.8 Å². The van der Waals surface area contributed by atoms with Gasteiger partial charge in [-0.2, -0.15) is 0 Å². The van der Waals surface area contributed by atoms with Gasteiger partial charge in [0.2, 0.25) is 10.0 Å². The first-order chi connectivity index (χ1) is 8.70. The van der Waals surface area contributed by atoms with Crippen LogP contribution in [0.15, 0.2) is 29.2 Å². The monoisotopic (exact) mass is 320 g/mol. The lowest BCUT2D eigenvalue weighted by Gasteiger charge is -2.31. The zero-order chi connectivity index (χ0) is 14.7. The Morgan fingerprint density at radius 1 is 1.30 bits per heavy atom. The van der Waals surface area contributed by atoms with E-state index in [0.29, 0.717) is 17.2 Å². The van der Waals surface area contributed by atoms with Gasteiger partial charge in [-0.25, -0.2) is 13.1 Å². The first kappa shape index (κ1) is 19.4. The predicted molar refractivity (Wildman–Crippen MR) is 85.7 cm³/mol. The first-order valence-electron chi connectivity index (χ1n) is 6.50. The second kappa shape index (κ2) is 7.41. The molecule has 4 nitrogen and oxygen atoms in total. The number of hydrogen-bond donors (Lipinski definition) is 2. The van der Waals surface area contributed by atoms with Gasteiger partial charge in [0.25, 0.3) is 0 Å². The minimum Gasteiger partial charge on any atom is -0.329 e. The molecule has 1 unspecified atom stereocenters. The third-order valence-electron chi connectivity index (χ3n) is 3.07. The second-order valence-electron chi connectivity index (χ2n) is 5.73. The van der Waals surface area contributed by atoms with Crippen LogP contribution < -0.4 is 10.5 Å². The highest BCUT2D eigenvalue weighted by Crippen LogP contribution is 2.21. The minimum absolute atomic E-state index is 0. The van der Waals surface area contributed by atoms with Gasteiger partial charge in [0.15, 0.2) is 0 Å². The summed E-state index contributed by atoms with van der Waals surface area (Å²) in [5.41, 5.74) is 5.87. The van der Waals surface area contributed by atoms with Crippen molar-refractivity contribution in [3.63, 3.8) is 0 Å². The molecule has 0 aliphatic heterocycles. The maximum atomic E-state index is 12.4. The van der Waals surface area contributed by atoms with Gasteiger partial charge in [-0.15, -0.1) is 12.4 Å². The summed E-state index contributed by atoms with van der Waals surface area (Å²) < 4.78 is 27.6. The Kier molecular flexibility index (Phi) is 7.18. The lowest BCUT2D eigenvalue weighted by atomic mass is 9.92. The molecule has 1 aromatic carbocycles. The van der Waals surface area contributed by atoms with Crippen molar-refractivity contribution in [2.24, 2.45) is 11.7 Å². The van der Waals surface area contributed by atoms with Crippen LogP contribution in [0.3, 0.4) is 0 Å². The lowest BCUT2D eigenvalue weighted by Crippen LogP contribution is -2.52. The quantitative estimate of drug-likeness (QED) is 0.845. The number of benzene rings is 1. The number of halogens is 1. The molecule has 0 aromatic heterocycles. The van der Waals surface area contributed by atoms with Crippen LogP contribution in [0, 0.1) is 12.8 Å². The molecule has 20 heavy (non-hydrogen) atoms. The average molecular weight is 321 g/mol. The molecule has 0 aliphatic carbocycles. The Morgan fingerprint density at radius 2 is 1.85 bits per heavy atom. The van der Waals surface area contributed by atoms with Crippen LogP contribution >= 0.6 is 12.4 Å². The predicted octanol–water partition coefficient (Wildman–Crippen LogP) is 2.46. The molecule has 0 fully saturated rings. The Hall–Kier alpha value is -0.620. The van der Waals surface area contributed by atoms with E-state index >= 15 is 0 Å². The summed E-state index contributed by atoms with van der Waals surface area (Å²) in [7, 11) is -3.54. The number of nitrogens with two attached hydrogens (primary N) is 1. The van der Waals surface area contributed by atoms with E-state index in [2.05, 4.69) is 18.6 Å². The van der Waals surface area contributed by atoms with Crippen molar-refractivity contribution in [1.29, 1.82) is 0 Å². The zero-order valence-electron chi connectivity index (χ0n) is 12.5. The summed E-state index contributed by atoms with van der Waals surface area (Å²) >= 11 is 0. The normalized spacial score (nSPS) is 14.7. The first-order valence-corrected chi connectivity index (χ1v) is 7.98. The van der Waals surface area contributed by atoms with Gasteiger partial charge >= 0.3 is 0 Å². The van der Waals surface area contributed by atoms with E-state index in [-0.39, 0.29) is 19.0 Å². The molecule has 0 saturated heterocycles. The van der Waals surface area contributed by atoms with E-state index in [1.54, 1.807) is 25.1 Å². The van der Waals surface area contributed by atoms with Crippen molar-refractivity contribution >= 4 is 22.4 Å². The number of rotatable bonds is 6. The Morgan fingerprint density at radius 3 is 2.30 bits per heavy atom. The van der Waals surface area contributed by atoms with E-state index in [1.807, 2.05) is 13.0 Å². The molecule has 116 valence electrons. The minimum atomic E-state index is -3.54. The fourth-order valence-electron chi connectivity index (χ4n) is 2.31. The number of aryl methyl sites for hydroxylation is 1. The van der Waals surface area contributed by atoms with Crippen molar-refractivity contribution < 1.29 is 8.42 Å². The highest BCUT2D eigenvalue weighted by Gasteiger charge is 2.30. The van der Waals surface area contributed by atoms with Crippen LogP contribution in [0.4, 0.5) is 0 Å². The molecule has 1 aromatic rings. The third kappa shape index (κ3) is 5.05. The topological polar surface area (TPSA) is 72.2 Å². The van der Waals surface area contributed by atoms with E-state index in [0.717, 1.165) is 5.56 Å². The molecule has 0 saturated carbocycles. The summed E-state index contributed by atoms with van der Waals surface area (Å²) in [5.74, 6) is 0.369. The van der Waals surface area contributed by atoms with Crippen LogP contribution in [0.2, 0.25) is 0 Å². The van der Waals surface area contributed by atoms with Crippen LogP contribution in [0.25, 0.3) is 0 Å². The van der Waals surface area contributed by atoms with Crippen molar-refractivity contribution in [2.75, 3.05) is 6.54 Å². The molecule has 0 aliphatic rings. The molecule has 3 N–H and O–H groups in total. The van der Waals surface area contributed by atoms with Crippen molar-refractivity contribution in [3.05, 3.63) is 29.8 Å². The summed E-state index contributed by atoms with van der Waals surface area (Å²) in [4.78, 5) is 0.318. The van der Waals surface area contributed by atoms with Gasteiger partial charge in [0.05, 0.1) is 4.90 Å². The third-order valence-corrected chi connectivity index (χ3v) is 4.87. The fraction of sp³-hybridized carbons (Fsp3) is 0.571. The van der Waals surface area contributed by atoms with Gasteiger partial charge in [0, 0.05) is 12.1 Å². The van der Waals surface area contributed by atoms with E-state index in [4.69, 9.17) is 5.73 Å². The van der Waals surface area contributed by atoms with E-state index < -0.39 is 15.6 Å². The summed E-state index contributed by atoms with van der Waals surface area (Å²) in [6.45, 7) is 8.02. The molecule has 0 bridgehead atoms. The average Bonchev–Trinajstić information content (AvgIpc) is 2.27. The molecule has 0 amide bonds. The molecule has 0 radical (unpaired) electrons. The molecule has 0 spiro atoms. The highest BCUT2D eigenvalue weighted by atomic mass is 35.5. The summed E-state index contributed by atoms with van der Waals surface area (Å²) in [5, 5.41) is 0.